The predicted molar refractivity (Wildman–Crippen MR) is 90.2 cm³/mol. The molecule has 23 heavy (non-hydrogen) atoms. The number of benzene rings is 1. The van der Waals surface area contributed by atoms with Gasteiger partial charge in [0.25, 0.3) is 5.91 Å². The lowest BCUT2D eigenvalue weighted by Crippen LogP contribution is -2.36. The van der Waals surface area contributed by atoms with E-state index in [1.165, 1.54) is 6.20 Å². The van der Waals surface area contributed by atoms with Gasteiger partial charge in [0.2, 0.25) is 5.91 Å². The number of carbonyl (C=O) groups excluding carboxylic acids is 2. The van der Waals surface area contributed by atoms with Crippen LogP contribution in [0.25, 0.3) is 0 Å². The molecular formula is C16H17BrN4O2. The summed E-state index contributed by atoms with van der Waals surface area (Å²) in [5.41, 5.74) is 0.430. The standard InChI is InChI=1S/C16H17BrN4O2/c17-13-1-3-14(4-2-13)21-16(23)12(9-18)10-20-15(22)11-5-7-19-8-6-11/h1-4,10-11,19H,5-8H2,(H,20,22)(H,21,23)/b12-10-. The zero-order chi connectivity index (χ0) is 16.7. The number of hydrogen-bond donors (Lipinski definition) is 3. The minimum Gasteiger partial charge on any atom is -0.331 e. The first-order valence-electron chi connectivity index (χ1n) is 7.28. The van der Waals surface area contributed by atoms with Crippen LogP contribution in [0.4, 0.5) is 5.69 Å². The van der Waals surface area contributed by atoms with Crippen LogP contribution in [0, 0.1) is 17.2 Å². The topological polar surface area (TPSA) is 94.0 Å². The van der Waals surface area contributed by atoms with Crippen molar-refractivity contribution in [3.05, 3.63) is 40.5 Å². The molecule has 0 unspecified atom stereocenters. The van der Waals surface area contributed by atoms with Gasteiger partial charge in [-0.3, -0.25) is 9.59 Å². The number of nitrogens with zero attached hydrogens (tertiary/aromatic N) is 1. The molecule has 120 valence electrons. The number of halogens is 1. The summed E-state index contributed by atoms with van der Waals surface area (Å²) in [6.07, 6.45) is 2.69. The molecule has 6 nitrogen and oxygen atoms in total. The zero-order valence-corrected chi connectivity index (χ0v) is 14.0. The zero-order valence-electron chi connectivity index (χ0n) is 12.4. The Morgan fingerprint density at radius 1 is 1.26 bits per heavy atom. The SMILES string of the molecule is N#C/C(=C/NC(=O)C1CCNCC1)C(=O)Nc1ccc(Br)cc1. The highest BCUT2D eigenvalue weighted by atomic mass is 79.9. The second-order valence-electron chi connectivity index (χ2n) is 5.16. The Balaban J connectivity index is 1.94. The fourth-order valence-electron chi connectivity index (χ4n) is 2.23. The molecule has 1 fully saturated rings. The maximum Gasteiger partial charge on any atom is 0.267 e. The molecule has 0 spiro atoms. The maximum absolute atomic E-state index is 12.0. The summed E-state index contributed by atoms with van der Waals surface area (Å²) in [7, 11) is 0. The Morgan fingerprint density at radius 3 is 2.52 bits per heavy atom. The van der Waals surface area contributed by atoms with Crippen molar-refractivity contribution in [1.29, 1.82) is 5.26 Å². The van der Waals surface area contributed by atoms with E-state index in [0.29, 0.717) is 5.69 Å². The van der Waals surface area contributed by atoms with Crippen molar-refractivity contribution in [2.24, 2.45) is 5.92 Å². The average molecular weight is 377 g/mol. The summed E-state index contributed by atoms with van der Waals surface area (Å²) in [5, 5.41) is 17.4. The summed E-state index contributed by atoms with van der Waals surface area (Å²) in [6.45, 7) is 1.61. The molecule has 0 aromatic heterocycles. The Kier molecular flexibility index (Phi) is 6.32. The van der Waals surface area contributed by atoms with E-state index in [-0.39, 0.29) is 17.4 Å². The van der Waals surface area contributed by atoms with Gasteiger partial charge in [-0.1, -0.05) is 15.9 Å². The second-order valence-corrected chi connectivity index (χ2v) is 6.08. The van der Waals surface area contributed by atoms with Crippen molar-refractivity contribution in [3.8, 4) is 6.07 Å². The molecule has 7 heteroatoms. The van der Waals surface area contributed by atoms with Gasteiger partial charge in [-0.15, -0.1) is 0 Å². The highest BCUT2D eigenvalue weighted by Gasteiger charge is 2.20. The Morgan fingerprint density at radius 2 is 1.91 bits per heavy atom. The van der Waals surface area contributed by atoms with Crippen molar-refractivity contribution < 1.29 is 9.59 Å². The number of carbonyl (C=O) groups is 2. The summed E-state index contributed by atoms with van der Waals surface area (Å²) >= 11 is 3.30. The molecule has 1 heterocycles. The molecule has 2 rings (SSSR count). The van der Waals surface area contributed by atoms with E-state index in [2.05, 4.69) is 31.9 Å². The van der Waals surface area contributed by atoms with Gasteiger partial charge < -0.3 is 16.0 Å². The van der Waals surface area contributed by atoms with E-state index in [4.69, 9.17) is 5.26 Å². The van der Waals surface area contributed by atoms with Crippen LogP contribution in [0.5, 0.6) is 0 Å². The van der Waals surface area contributed by atoms with Gasteiger partial charge in [0, 0.05) is 22.3 Å². The van der Waals surface area contributed by atoms with E-state index >= 15 is 0 Å². The molecule has 3 N–H and O–H groups in total. The van der Waals surface area contributed by atoms with Gasteiger partial charge in [-0.2, -0.15) is 5.26 Å². The molecule has 0 atom stereocenters. The number of hydrogen-bond acceptors (Lipinski definition) is 4. The normalized spacial score (nSPS) is 15.6. The van der Waals surface area contributed by atoms with E-state index in [9.17, 15) is 9.59 Å². The van der Waals surface area contributed by atoms with E-state index in [0.717, 1.165) is 30.4 Å². The first kappa shape index (κ1) is 17.2. The fourth-order valence-corrected chi connectivity index (χ4v) is 2.49. The van der Waals surface area contributed by atoms with Crippen LogP contribution in [0.3, 0.4) is 0 Å². The molecule has 0 saturated carbocycles. The lowest BCUT2D eigenvalue weighted by Gasteiger charge is -2.20. The molecule has 2 amide bonds. The number of anilines is 1. The van der Waals surface area contributed by atoms with Gasteiger partial charge in [0.1, 0.15) is 11.6 Å². The van der Waals surface area contributed by atoms with E-state index in [1.807, 2.05) is 0 Å². The van der Waals surface area contributed by atoms with Crippen LogP contribution in [0.1, 0.15) is 12.8 Å². The monoisotopic (exact) mass is 376 g/mol. The molecule has 1 aliphatic heterocycles. The van der Waals surface area contributed by atoms with Gasteiger partial charge in [0.15, 0.2) is 0 Å². The van der Waals surface area contributed by atoms with Gasteiger partial charge >= 0.3 is 0 Å². The molecule has 1 saturated heterocycles. The van der Waals surface area contributed by atoms with Crippen LogP contribution in [-0.2, 0) is 9.59 Å². The van der Waals surface area contributed by atoms with Gasteiger partial charge in [0.05, 0.1) is 0 Å². The van der Waals surface area contributed by atoms with Crippen molar-refractivity contribution >= 4 is 33.4 Å². The van der Waals surface area contributed by atoms with Crippen molar-refractivity contribution in [3.63, 3.8) is 0 Å². The molecule has 0 bridgehead atoms. The van der Waals surface area contributed by atoms with Crippen molar-refractivity contribution in [2.45, 2.75) is 12.8 Å². The average Bonchev–Trinajstić information content (AvgIpc) is 2.58. The summed E-state index contributed by atoms with van der Waals surface area (Å²) in [4.78, 5) is 24.0. The molecular weight excluding hydrogens is 360 g/mol. The summed E-state index contributed by atoms with van der Waals surface area (Å²) < 4.78 is 0.890. The molecule has 1 aromatic rings. The second kappa shape index (κ2) is 8.46. The van der Waals surface area contributed by atoms with Crippen LogP contribution >= 0.6 is 15.9 Å². The number of nitriles is 1. The Hall–Kier alpha value is -2.17. The van der Waals surface area contributed by atoms with Gasteiger partial charge in [-0.05, 0) is 50.2 Å². The third-order valence-electron chi connectivity index (χ3n) is 3.54. The lowest BCUT2D eigenvalue weighted by molar-refractivity contribution is -0.124. The lowest BCUT2D eigenvalue weighted by atomic mass is 9.97. The molecule has 1 aromatic carbocycles. The predicted octanol–water partition coefficient (Wildman–Crippen LogP) is 1.91. The number of rotatable bonds is 4. The first-order chi connectivity index (χ1) is 11.1. The molecule has 0 aliphatic carbocycles. The van der Waals surface area contributed by atoms with Crippen LogP contribution in [0.15, 0.2) is 40.5 Å². The smallest absolute Gasteiger partial charge is 0.267 e. The van der Waals surface area contributed by atoms with Crippen LogP contribution in [0.2, 0.25) is 0 Å². The van der Waals surface area contributed by atoms with E-state index < -0.39 is 5.91 Å². The number of nitrogens with one attached hydrogen (secondary N) is 3. The third-order valence-corrected chi connectivity index (χ3v) is 4.06. The first-order valence-corrected chi connectivity index (χ1v) is 8.07. The summed E-state index contributed by atoms with van der Waals surface area (Å²) in [6, 6.07) is 8.79. The van der Waals surface area contributed by atoms with Crippen LogP contribution < -0.4 is 16.0 Å². The third kappa shape index (κ3) is 5.20. The van der Waals surface area contributed by atoms with Crippen LogP contribution in [-0.4, -0.2) is 24.9 Å². The Labute approximate surface area is 143 Å². The highest BCUT2D eigenvalue weighted by molar-refractivity contribution is 9.10. The van der Waals surface area contributed by atoms with Crippen molar-refractivity contribution in [2.75, 3.05) is 18.4 Å². The minimum atomic E-state index is -0.555. The summed E-state index contributed by atoms with van der Waals surface area (Å²) in [5.74, 6) is -0.793. The highest BCUT2D eigenvalue weighted by Crippen LogP contribution is 2.15. The van der Waals surface area contributed by atoms with Gasteiger partial charge in [-0.25, -0.2) is 0 Å². The quantitative estimate of drug-likeness (QED) is 0.552. The Bertz CT molecular complexity index is 643. The molecule has 1 aliphatic rings. The largest absolute Gasteiger partial charge is 0.331 e. The maximum atomic E-state index is 12.0. The number of amides is 2. The molecule has 0 radical (unpaired) electrons. The fraction of sp³-hybridized carbons (Fsp3) is 0.312. The van der Waals surface area contributed by atoms with Crippen molar-refractivity contribution in [1.82, 2.24) is 10.6 Å². The van der Waals surface area contributed by atoms with E-state index in [1.54, 1.807) is 30.3 Å². The number of piperidine rings is 1. The minimum absolute atomic E-state index is 0.0815.